The van der Waals surface area contributed by atoms with Gasteiger partial charge in [-0.25, -0.2) is 8.42 Å². The second-order valence-electron chi connectivity index (χ2n) is 6.18. The Morgan fingerprint density at radius 1 is 1.29 bits per heavy atom. The van der Waals surface area contributed by atoms with E-state index in [1.54, 1.807) is 38.1 Å². The molecule has 0 aliphatic rings. The summed E-state index contributed by atoms with van der Waals surface area (Å²) in [5.74, 6) is -0.591. The summed E-state index contributed by atoms with van der Waals surface area (Å²) in [5.41, 5.74) is 0.644. The minimum Gasteiger partial charge on any atom is -0.323 e. The normalized spacial score (nSPS) is 12.3. The first kappa shape index (κ1) is 21.6. The molecule has 2 aromatic carbocycles. The zero-order valence-electron chi connectivity index (χ0n) is 15.5. The highest BCUT2D eigenvalue weighted by atomic mass is 35.5. The Kier molecular flexibility index (Phi) is 6.63. The standard InChI is InChI=1S/C18H20ClN3O5S/c1-4-16(18(23)20-15-8-6-5-7-14(15)19)21(28(3,26)27)17-11-13(22(24)25)10-9-12(17)2/h5-11,16H,4H2,1-3H3,(H,20,23)/t16-/m0/s1. The Labute approximate surface area is 168 Å². The topological polar surface area (TPSA) is 110 Å². The number of carbonyl (C=O) groups excluding carboxylic acids is 1. The van der Waals surface area contributed by atoms with Gasteiger partial charge in [-0.05, 0) is 31.0 Å². The molecule has 2 rings (SSSR count). The monoisotopic (exact) mass is 425 g/mol. The van der Waals surface area contributed by atoms with Crippen LogP contribution >= 0.6 is 11.6 Å². The van der Waals surface area contributed by atoms with Crippen LogP contribution in [0.2, 0.25) is 5.02 Å². The Bertz CT molecular complexity index is 1010. The molecule has 0 aliphatic heterocycles. The van der Waals surface area contributed by atoms with Gasteiger partial charge in [0.05, 0.1) is 27.6 Å². The third kappa shape index (κ3) is 4.79. The summed E-state index contributed by atoms with van der Waals surface area (Å²) in [7, 11) is -3.92. The molecule has 28 heavy (non-hydrogen) atoms. The number of aryl methyl sites for hydroxylation is 1. The molecule has 0 saturated carbocycles. The predicted octanol–water partition coefficient (Wildman–Crippen LogP) is 3.74. The number of nitrogens with one attached hydrogen (secondary N) is 1. The molecule has 1 atom stereocenters. The fourth-order valence-corrected chi connectivity index (χ4v) is 4.21. The average Bonchev–Trinajstić information content (AvgIpc) is 2.61. The highest BCUT2D eigenvalue weighted by molar-refractivity contribution is 7.92. The lowest BCUT2D eigenvalue weighted by atomic mass is 10.1. The van der Waals surface area contributed by atoms with Crippen LogP contribution in [0.5, 0.6) is 0 Å². The van der Waals surface area contributed by atoms with E-state index in [0.717, 1.165) is 16.6 Å². The number of anilines is 2. The number of para-hydroxylation sites is 1. The number of nitrogens with zero attached hydrogens (tertiary/aromatic N) is 2. The Hall–Kier alpha value is -2.65. The van der Waals surface area contributed by atoms with Gasteiger partial charge in [-0.3, -0.25) is 19.2 Å². The average molecular weight is 426 g/mol. The molecule has 0 aromatic heterocycles. The van der Waals surface area contributed by atoms with Crippen LogP contribution in [-0.2, 0) is 14.8 Å². The summed E-state index contributed by atoms with van der Waals surface area (Å²) in [6.45, 7) is 3.28. The zero-order chi connectivity index (χ0) is 21.1. The number of benzene rings is 2. The number of hydrogen-bond donors (Lipinski definition) is 1. The van der Waals surface area contributed by atoms with Gasteiger partial charge in [-0.15, -0.1) is 0 Å². The van der Waals surface area contributed by atoms with Gasteiger partial charge in [0, 0.05) is 12.1 Å². The van der Waals surface area contributed by atoms with Crippen molar-refractivity contribution in [2.45, 2.75) is 26.3 Å². The molecule has 0 saturated heterocycles. The van der Waals surface area contributed by atoms with Crippen molar-refractivity contribution >= 4 is 44.6 Å². The number of sulfonamides is 1. The van der Waals surface area contributed by atoms with E-state index in [2.05, 4.69) is 5.32 Å². The maximum atomic E-state index is 12.9. The van der Waals surface area contributed by atoms with Gasteiger partial charge in [0.15, 0.2) is 0 Å². The van der Waals surface area contributed by atoms with Crippen LogP contribution < -0.4 is 9.62 Å². The lowest BCUT2D eigenvalue weighted by molar-refractivity contribution is -0.384. The first-order chi connectivity index (χ1) is 13.1. The molecule has 0 unspecified atom stereocenters. The predicted molar refractivity (Wildman–Crippen MR) is 109 cm³/mol. The van der Waals surface area contributed by atoms with Crippen molar-refractivity contribution in [1.29, 1.82) is 0 Å². The van der Waals surface area contributed by atoms with E-state index in [1.165, 1.54) is 12.1 Å². The van der Waals surface area contributed by atoms with Gasteiger partial charge in [0.25, 0.3) is 5.69 Å². The molecule has 2 aromatic rings. The third-order valence-corrected chi connectivity index (χ3v) is 5.60. The molecule has 0 radical (unpaired) electrons. The minimum atomic E-state index is -3.92. The van der Waals surface area contributed by atoms with Gasteiger partial charge >= 0.3 is 0 Å². The van der Waals surface area contributed by atoms with Crippen molar-refractivity contribution in [1.82, 2.24) is 0 Å². The van der Waals surface area contributed by atoms with Crippen LogP contribution in [0.25, 0.3) is 0 Å². The Morgan fingerprint density at radius 2 is 1.93 bits per heavy atom. The molecular formula is C18H20ClN3O5S. The van der Waals surface area contributed by atoms with Crippen molar-refractivity contribution in [3.05, 3.63) is 63.2 Å². The van der Waals surface area contributed by atoms with Crippen LogP contribution in [0.15, 0.2) is 42.5 Å². The van der Waals surface area contributed by atoms with Crippen molar-refractivity contribution in [2.24, 2.45) is 0 Å². The molecular weight excluding hydrogens is 406 g/mol. The zero-order valence-corrected chi connectivity index (χ0v) is 17.1. The molecule has 0 bridgehead atoms. The lowest BCUT2D eigenvalue weighted by Crippen LogP contribution is -2.47. The van der Waals surface area contributed by atoms with Gasteiger partial charge in [0.1, 0.15) is 6.04 Å². The van der Waals surface area contributed by atoms with Gasteiger partial charge in [-0.1, -0.05) is 36.7 Å². The second-order valence-corrected chi connectivity index (χ2v) is 8.45. The van der Waals surface area contributed by atoms with E-state index in [0.29, 0.717) is 16.3 Å². The molecule has 0 spiro atoms. The molecule has 0 fully saturated rings. The van der Waals surface area contributed by atoms with E-state index < -0.39 is 26.9 Å². The van der Waals surface area contributed by atoms with Crippen LogP contribution in [0.3, 0.4) is 0 Å². The summed E-state index contributed by atoms with van der Waals surface area (Å²) in [6.07, 6.45) is 1.10. The smallest absolute Gasteiger partial charge is 0.271 e. The van der Waals surface area contributed by atoms with E-state index in [1.807, 2.05) is 0 Å². The number of carbonyl (C=O) groups is 1. The molecule has 1 N–H and O–H groups in total. The molecule has 0 aliphatic carbocycles. The van der Waals surface area contributed by atoms with Crippen LogP contribution in [0, 0.1) is 17.0 Å². The number of halogens is 1. The quantitative estimate of drug-likeness (QED) is 0.536. The number of nitro groups is 1. The fraction of sp³-hybridized carbons (Fsp3) is 0.278. The number of hydrogen-bond acceptors (Lipinski definition) is 5. The minimum absolute atomic E-state index is 0.0814. The van der Waals surface area contributed by atoms with Crippen LogP contribution in [0.1, 0.15) is 18.9 Å². The van der Waals surface area contributed by atoms with Gasteiger partial charge in [0.2, 0.25) is 15.9 Å². The summed E-state index contributed by atoms with van der Waals surface area (Å²) < 4.78 is 26.0. The number of rotatable bonds is 7. The SMILES string of the molecule is CC[C@@H](C(=O)Nc1ccccc1Cl)N(c1cc([N+](=O)[O-])ccc1C)S(C)(=O)=O. The number of non-ortho nitro benzene ring substituents is 1. The first-order valence-electron chi connectivity index (χ1n) is 8.36. The Balaban J connectivity index is 2.52. The number of amides is 1. The first-order valence-corrected chi connectivity index (χ1v) is 10.6. The Morgan fingerprint density at radius 3 is 2.46 bits per heavy atom. The van der Waals surface area contributed by atoms with E-state index in [-0.39, 0.29) is 17.8 Å². The summed E-state index contributed by atoms with van der Waals surface area (Å²) >= 11 is 6.06. The summed E-state index contributed by atoms with van der Waals surface area (Å²) in [6, 6.07) is 9.34. The second kappa shape index (κ2) is 8.57. The maximum Gasteiger partial charge on any atom is 0.271 e. The van der Waals surface area contributed by atoms with E-state index >= 15 is 0 Å². The maximum absolute atomic E-state index is 12.9. The molecule has 10 heteroatoms. The molecule has 8 nitrogen and oxygen atoms in total. The largest absolute Gasteiger partial charge is 0.323 e. The highest BCUT2D eigenvalue weighted by Crippen LogP contribution is 2.31. The third-order valence-electron chi connectivity index (χ3n) is 4.10. The van der Waals surface area contributed by atoms with E-state index in [9.17, 15) is 23.3 Å². The van der Waals surface area contributed by atoms with Gasteiger partial charge < -0.3 is 5.32 Å². The molecule has 150 valence electrons. The van der Waals surface area contributed by atoms with Gasteiger partial charge in [-0.2, -0.15) is 0 Å². The molecule has 0 heterocycles. The van der Waals surface area contributed by atoms with E-state index in [4.69, 9.17) is 11.6 Å². The van der Waals surface area contributed by atoms with Crippen LogP contribution in [0.4, 0.5) is 17.1 Å². The fourth-order valence-electron chi connectivity index (χ4n) is 2.76. The van der Waals surface area contributed by atoms with Crippen molar-refractivity contribution in [3.8, 4) is 0 Å². The van der Waals surface area contributed by atoms with Crippen molar-refractivity contribution < 1.29 is 18.1 Å². The summed E-state index contributed by atoms with van der Waals surface area (Å²) in [4.78, 5) is 23.4. The number of nitro benzene ring substituents is 1. The lowest BCUT2D eigenvalue weighted by Gasteiger charge is -2.31. The summed E-state index contributed by atoms with van der Waals surface area (Å²) in [5, 5.41) is 14.1. The van der Waals surface area contributed by atoms with Crippen molar-refractivity contribution in [2.75, 3.05) is 15.9 Å². The van der Waals surface area contributed by atoms with Crippen molar-refractivity contribution in [3.63, 3.8) is 0 Å². The highest BCUT2D eigenvalue weighted by Gasteiger charge is 2.33. The van der Waals surface area contributed by atoms with Crippen LogP contribution in [-0.4, -0.2) is 31.5 Å². The molecule has 1 amide bonds.